The monoisotopic (exact) mass is 476 g/mol. The van der Waals surface area contributed by atoms with Crippen molar-refractivity contribution < 1.29 is 55.0 Å². The van der Waals surface area contributed by atoms with E-state index >= 15 is 0 Å². The number of carbonyl (C=O) groups excluding carboxylic acids is 4. The molecule has 0 aliphatic carbocycles. The molecule has 0 aromatic heterocycles. The molecule has 0 heterocycles. The van der Waals surface area contributed by atoms with Gasteiger partial charge in [-0.15, -0.1) is 0 Å². The van der Waals surface area contributed by atoms with E-state index in [1.807, 2.05) is 0 Å². The summed E-state index contributed by atoms with van der Waals surface area (Å²) in [5.41, 5.74) is -7.99. The van der Waals surface area contributed by atoms with Crippen LogP contribution in [0.15, 0.2) is 48.5 Å². The van der Waals surface area contributed by atoms with E-state index < -0.39 is 63.9 Å². The zero-order valence-corrected chi connectivity index (χ0v) is 16.8. The molecule has 0 unspecified atom stereocenters. The highest BCUT2D eigenvalue weighted by molar-refractivity contribution is 5.97. The van der Waals surface area contributed by atoms with Gasteiger partial charge in [-0.3, -0.25) is 9.59 Å². The minimum atomic E-state index is -5.91. The second kappa shape index (κ2) is 9.04. The van der Waals surface area contributed by atoms with Crippen molar-refractivity contribution in [2.75, 3.05) is 0 Å². The van der Waals surface area contributed by atoms with Crippen molar-refractivity contribution in [3.63, 3.8) is 0 Å². The van der Waals surface area contributed by atoms with Crippen LogP contribution in [-0.4, -0.2) is 36.2 Å². The van der Waals surface area contributed by atoms with Gasteiger partial charge in [-0.2, -0.15) is 26.3 Å². The number of esters is 4. The highest BCUT2D eigenvalue weighted by atomic mass is 19.4. The minimum absolute atomic E-state index is 0.440. The first-order valence-electron chi connectivity index (χ1n) is 8.91. The largest absolute Gasteiger partial charge is 0.411 e. The van der Waals surface area contributed by atoms with Gasteiger partial charge in [0.1, 0.15) is 0 Å². The second-order valence-corrected chi connectivity index (χ2v) is 6.66. The van der Waals surface area contributed by atoms with Crippen LogP contribution in [0.3, 0.4) is 0 Å². The molecule has 0 atom stereocenters. The van der Waals surface area contributed by atoms with Gasteiger partial charge in [0.25, 0.3) is 0 Å². The molecule has 6 nitrogen and oxygen atoms in total. The number of rotatable bonds is 4. The summed E-state index contributed by atoms with van der Waals surface area (Å²) >= 11 is 0. The SMILES string of the molecule is CC(=O)OC(=O)c1ccc(C(c2ccc(C(=O)OC(C)=O)cc2)(C(F)(F)F)C(F)(F)F)cc1. The van der Waals surface area contributed by atoms with E-state index in [-0.39, 0.29) is 0 Å². The molecule has 0 saturated carbocycles. The van der Waals surface area contributed by atoms with Crippen LogP contribution in [0.1, 0.15) is 45.7 Å². The summed E-state index contributed by atoms with van der Waals surface area (Å²) in [7, 11) is 0. The summed E-state index contributed by atoms with van der Waals surface area (Å²) in [6.07, 6.45) is -11.8. The normalized spacial score (nSPS) is 12.1. The molecule has 0 spiro atoms. The topological polar surface area (TPSA) is 86.7 Å². The Hall–Kier alpha value is -3.70. The van der Waals surface area contributed by atoms with Crippen molar-refractivity contribution in [1.82, 2.24) is 0 Å². The molecule has 0 N–H and O–H groups in total. The lowest BCUT2D eigenvalue weighted by molar-refractivity contribution is -0.288. The van der Waals surface area contributed by atoms with Gasteiger partial charge in [0.15, 0.2) is 0 Å². The first-order valence-corrected chi connectivity index (χ1v) is 8.91. The Labute approximate surface area is 182 Å². The Morgan fingerprint density at radius 2 is 0.848 bits per heavy atom. The standard InChI is InChI=1S/C21H14F6O6/c1-11(28)32-17(30)13-3-7-15(8-4-13)19(20(22,23)24,21(25,26)27)16-9-5-14(6-10-16)18(31)33-12(2)29/h3-10H,1-2H3. The average molecular weight is 476 g/mol. The van der Waals surface area contributed by atoms with Gasteiger partial charge in [-0.25, -0.2) is 9.59 Å². The minimum Gasteiger partial charge on any atom is -0.390 e. The van der Waals surface area contributed by atoms with Crippen LogP contribution in [0.5, 0.6) is 0 Å². The predicted octanol–water partition coefficient (Wildman–Crippen LogP) is 4.50. The number of alkyl halides is 6. The number of ether oxygens (including phenoxy) is 2. The van der Waals surface area contributed by atoms with Crippen LogP contribution >= 0.6 is 0 Å². The molecule has 2 aromatic rings. The van der Waals surface area contributed by atoms with Crippen LogP contribution in [0, 0.1) is 0 Å². The number of hydrogen-bond donors (Lipinski definition) is 0. The van der Waals surface area contributed by atoms with Crippen molar-refractivity contribution >= 4 is 23.9 Å². The molecule has 2 aromatic carbocycles. The van der Waals surface area contributed by atoms with Crippen molar-refractivity contribution in [2.24, 2.45) is 0 Å². The molecule has 0 radical (unpaired) electrons. The first-order chi connectivity index (χ1) is 15.1. The van der Waals surface area contributed by atoms with E-state index in [0.717, 1.165) is 13.8 Å². The van der Waals surface area contributed by atoms with Gasteiger partial charge in [0.2, 0.25) is 5.41 Å². The van der Waals surface area contributed by atoms with E-state index in [9.17, 15) is 45.5 Å². The lowest BCUT2D eigenvalue weighted by Crippen LogP contribution is -2.54. The van der Waals surface area contributed by atoms with E-state index in [4.69, 9.17) is 0 Å². The maximum atomic E-state index is 14.1. The third kappa shape index (κ3) is 5.04. The summed E-state index contributed by atoms with van der Waals surface area (Å²) < 4.78 is 93.2. The predicted molar refractivity (Wildman–Crippen MR) is 98.0 cm³/mol. The summed E-state index contributed by atoms with van der Waals surface area (Å²) in [5.74, 6) is -4.56. The third-order valence-electron chi connectivity index (χ3n) is 4.43. The van der Waals surface area contributed by atoms with E-state index in [2.05, 4.69) is 9.47 Å². The van der Waals surface area contributed by atoms with Crippen LogP contribution in [0.2, 0.25) is 0 Å². The Kier molecular flexibility index (Phi) is 7.00. The van der Waals surface area contributed by atoms with Crippen molar-refractivity contribution in [2.45, 2.75) is 31.6 Å². The van der Waals surface area contributed by atoms with Gasteiger partial charge in [-0.05, 0) is 35.4 Å². The quantitative estimate of drug-likeness (QED) is 0.367. The maximum absolute atomic E-state index is 14.1. The number of halogens is 6. The highest BCUT2D eigenvalue weighted by Gasteiger charge is 2.72. The van der Waals surface area contributed by atoms with Gasteiger partial charge in [0.05, 0.1) is 11.1 Å². The molecule has 12 heteroatoms. The fourth-order valence-corrected chi connectivity index (χ4v) is 3.07. The average Bonchev–Trinajstić information content (AvgIpc) is 2.66. The van der Waals surface area contributed by atoms with Crippen LogP contribution in [0.25, 0.3) is 0 Å². The van der Waals surface area contributed by atoms with E-state index in [0.29, 0.717) is 48.5 Å². The molecule has 0 bridgehead atoms. The van der Waals surface area contributed by atoms with Crippen LogP contribution in [0.4, 0.5) is 26.3 Å². The van der Waals surface area contributed by atoms with Gasteiger partial charge >= 0.3 is 36.2 Å². The van der Waals surface area contributed by atoms with Gasteiger partial charge < -0.3 is 9.47 Å². The molecular formula is C21H14F6O6. The molecule has 2 rings (SSSR count). The molecular weight excluding hydrogens is 462 g/mol. The lowest BCUT2D eigenvalue weighted by Gasteiger charge is -2.38. The Balaban J connectivity index is 2.67. The summed E-state index contributed by atoms with van der Waals surface area (Å²) in [4.78, 5) is 45.1. The summed E-state index contributed by atoms with van der Waals surface area (Å²) in [6.45, 7) is 1.78. The first kappa shape index (κ1) is 25.6. The van der Waals surface area contributed by atoms with Crippen molar-refractivity contribution in [1.29, 1.82) is 0 Å². The second-order valence-electron chi connectivity index (χ2n) is 6.66. The number of benzene rings is 2. The molecule has 0 fully saturated rings. The van der Waals surface area contributed by atoms with E-state index in [1.54, 1.807) is 0 Å². The smallest absolute Gasteiger partial charge is 0.390 e. The lowest BCUT2D eigenvalue weighted by atomic mass is 9.72. The molecule has 0 aliphatic rings. The number of hydrogen-bond acceptors (Lipinski definition) is 6. The Morgan fingerprint density at radius 1 is 0.576 bits per heavy atom. The van der Waals surface area contributed by atoms with Crippen molar-refractivity contribution in [3.8, 4) is 0 Å². The molecule has 33 heavy (non-hydrogen) atoms. The van der Waals surface area contributed by atoms with Gasteiger partial charge in [0, 0.05) is 13.8 Å². The Morgan fingerprint density at radius 3 is 1.06 bits per heavy atom. The van der Waals surface area contributed by atoms with Gasteiger partial charge in [-0.1, -0.05) is 24.3 Å². The zero-order chi connectivity index (χ0) is 25.2. The fourth-order valence-electron chi connectivity index (χ4n) is 3.07. The third-order valence-corrected chi connectivity index (χ3v) is 4.43. The van der Waals surface area contributed by atoms with Crippen LogP contribution in [-0.2, 0) is 24.5 Å². The van der Waals surface area contributed by atoms with Crippen LogP contribution < -0.4 is 0 Å². The van der Waals surface area contributed by atoms with E-state index in [1.165, 1.54) is 0 Å². The molecule has 0 amide bonds. The molecule has 176 valence electrons. The maximum Gasteiger partial charge on any atom is 0.411 e. The summed E-state index contributed by atoms with van der Waals surface area (Å²) in [6, 6.07) is 4.39. The fraction of sp³-hybridized carbons (Fsp3) is 0.238. The Bertz CT molecular complexity index is 981. The zero-order valence-electron chi connectivity index (χ0n) is 16.8. The molecule has 0 saturated heterocycles. The molecule has 0 aliphatic heterocycles. The summed E-state index contributed by atoms with van der Waals surface area (Å²) in [5, 5.41) is 0. The number of carbonyl (C=O) groups is 4. The van der Waals surface area contributed by atoms with Crippen molar-refractivity contribution in [3.05, 3.63) is 70.8 Å². The highest BCUT2D eigenvalue weighted by Crippen LogP contribution is 2.56.